The summed E-state index contributed by atoms with van der Waals surface area (Å²) < 4.78 is 8.72. The molecule has 3 aromatic rings. The first-order chi connectivity index (χ1) is 10.7. The monoisotopic (exact) mass is 300 g/mol. The molecule has 3 aromatic heterocycles. The van der Waals surface area contributed by atoms with Gasteiger partial charge in [0.25, 0.3) is 0 Å². The molecule has 0 fully saturated rings. The number of pyridine rings is 1. The van der Waals surface area contributed by atoms with E-state index in [1.165, 1.54) is 0 Å². The molecule has 8 nitrogen and oxygen atoms in total. The van der Waals surface area contributed by atoms with Crippen molar-refractivity contribution in [2.75, 3.05) is 0 Å². The third-order valence-electron chi connectivity index (χ3n) is 3.28. The van der Waals surface area contributed by atoms with Gasteiger partial charge in [-0.25, -0.2) is 14.5 Å². The van der Waals surface area contributed by atoms with Crippen LogP contribution in [0.2, 0.25) is 0 Å². The van der Waals surface area contributed by atoms with E-state index in [9.17, 15) is 4.79 Å². The van der Waals surface area contributed by atoms with E-state index in [0.29, 0.717) is 18.0 Å². The van der Waals surface area contributed by atoms with Crippen LogP contribution in [-0.4, -0.2) is 35.6 Å². The summed E-state index contributed by atoms with van der Waals surface area (Å²) in [4.78, 5) is 16.4. The van der Waals surface area contributed by atoms with Crippen LogP contribution in [0.25, 0.3) is 5.65 Å². The van der Waals surface area contributed by atoms with Gasteiger partial charge in [0, 0.05) is 18.4 Å². The molecule has 3 heterocycles. The number of fused-ring (bicyclic) bond motifs is 1. The number of imidazole rings is 1. The van der Waals surface area contributed by atoms with E-state index < -0.39 is 5.97 Å². The van der Waals surface area contributed by atoms with Crippen molar-refractivity contribution in [2.45, 2.75) is 33.4 Å². The first-order valence-corrected chi connectivity index (χ1v) is 7.06. The van der Waals surface area contributed by atoms with Gasteiger partial charge in [0.2, 0.25) is 0 Å². The lowest BCUT2D eigenvalue weighted by molar-refractivity contribution is 0.0450. The number of carbonyl (C=O) groups is 1. The van der Waals surface area contributed by atoms with Gasteiger partial charge in [-0.05, 0) is 35.9 Å². The number of rotatable bonds is 5. The fourth-order valence-corrected chi connectivity index (χ4v) is 2.16. The minimum atomic E-state index is -0.492. The Bertz CT molecular complexity index is 807. The highest BCUT2D eigenvalue weighted by molar-refractivity contribution is 5.87. The van der Waals surface area contributed by atoms with E-state index in [1.807, 2.05) is 36.4 Å². The third-order valence-corrected chi connectivity index (χ3v) is 3.28. The first-order valence-electron chi connectivity index (χ1n) is 7.06. The van der Waals surface area contributed by atoms with Gasteiger partial charge in [-0.3, -0.25) is 0 Å². The van der Waals surface area contributed by atoms with Crippen molar-refractivity contribution in [1.82, 2.24) is 29.6 Å². The smallest absolute Gasteiger partial charge is 0.359 e. The molecule has 0 saturated heterocycles. The van der Waals surface area contributed by atoms with Crippen LogP contribution in [0.4, 0.5) is 0 Å². The van der Waals surface area contributed by atoms with E-state index in [2.05, 4.69) is 20.5 Å². The summed E-state index contributed by atoms with van der Waals surface area (Å²) in [7, 11) is 0. The van der Waals surface area contributed by atoms with E-state index >= 15 is 0 Å². The molecule has 114 valence electrons. The normalized spacial score (nSPS) is 11.0. The van der Waals surface area contributed by atoms with Crippen molar-refractivity contribution in [3.05, 3.63) is 41.6 Å². The van der Waals surface area contributed by atoms with Gasteiger partial charge in [-0.1, -0.05) is 13.0 Å². The highest BCUT2D eigenvalue weighted by Crippen LogP contribution is 2.10. The Morgan fingerprint density at radius 2 is 2.23 bits per heavy atom. The van der Waals surface area contributed by atoms with Gasteiger partial charge in [-0.2, -0.15) is 0 Å². The zero-order valence-electron chi connectivity index (χ0n) is 12.4. The first kappa shape index (κ1) is 14.2. The highest BCUT2D eigenvalue weighted by Gasteiger charge is 2.15. The molecule has 22 heavy (non-hydrogen) atoms. The third kappa shape index (κ3) is 2.67. The zero-order chi connectivity index (χ0) is 15.5. The van der Waals surface area contributed by atoms with Crippen molar-refractivity contribution in [3.63, 3.8) is 0 Å². The summed E-state index contributed by atoms with van der Waals surface area (Å²) in [5, 5.41) is 11.3. The minimum Gasteiger partial charge on any atom is -0.453 e. The summed E-state index contributed by atoms with van der Waals surface area (Å²) >= 11 is 0. The van der Waals surface area contributed by atoms with Crippen LogP contribution in [0.15, 0.2) is 24.4 Å². The Balaban J connectivity index is 1.73. The maximum atomic E-state index is 12.1. The molecule has 0 atom stereocenters. The maximum Gasteiger partial charge on any atom is 0.359 e. The van der Waals surface area contributed by atoms with Crippen LogP contribution < -0.4 is 0 Å². The van der Waals surface area contributed by atoms with E-state index in [0.717, 1.165) is 12.1 Å². The molecule has 0 aromatic carbocycles. The Hall–Kier alpha value is -2.77. The van der Waals surface area contributed by atoms with E-state index in [4.69, 9.17) is 4.74 Å². The molecule has 0 radical (unpaired) electrons. The molecule has 0 aliphatic heterocycles. The Morgan fingerprint density at radius 1 is 1.36 bits per heavy atom. The second kappa shape index (κ2) is 5.92. The number of carbonyl (C=O) groups excluding carboxylic acids is 1. The van der Waals surface area contributed by atoms with Crippen LogP contribution in [0.5, 0.6) is 0 Å². The van der Waals surface area contributed by atoms with Gasteiger partial charge in [0.15, 0.2) is 18.1 Å². The molecule has 0 bridgehead atoms. The topological polar surface area (TPSA) is 87.2 Å². The quantitative estimate of drug-likeness (QED) is 0.662. The van der Waals surface area contributed by atoms with Gasteiger partial charge in [-0.15, -0.1) is 5.10 Å². The van der Waals surface area contributed by atoms with Crippen molar-refractivity contribution in [1.29, 1.82) is 0 Å². The number of nitrogens with zero attached hydrogens (tertiary/aromatic N) is 6. The Labute approximate surface area is 126 Å². The second-order valence-corrected chi connectivity index (χ2v) is 4.92. The van der Waals surface area contributed by atoms with Crippen LogP contribution in [-0.2, 0) is 17.9 Å². The number of hydrogen-bond acceptors (Lipinski definition) is 6. The number of hydrogen-bond donors (Lipinski definition) is 0. The average Bonchev–Trinajstić information content (AvgIpc) is 3.12. The number of tetrazole rings is 1. The molecule has 0 spiro atoms. The molecule has 0 unspecified atom stereocenters. The van der Waals surface area contributed by atoms with Gasteiger partial charge >= 0.3 is 5.97 Å². The van der Waals surface area contributed by atoms with Crippen LogP contribution >= 0.6 is 0 Å². The standard InChI is InChI=1S/C14H16N6O2/c1-3-7-20-13(16-17-18-20)9-22-14(21)11-8-19-10(2)5-4-6-12(19)15-11/h4-6,8H,3,7,9H2,1-2H3. The maximum absolute atomic E-state index is 12.1. The van der Waals surface area contributed by atoms with E-state index in [-0.39, 0.29) is 12.3 Å². The predicted octanol–water partition coefficient (Wildman–Crippen LogP) is 1.40. The van der Waals surface area contributed by atoms with Crippen LogP contribution in [0, 0.1) is 6.92 Å². The zero-order valence-corrected chi connectivity index (χ0v) is 12.4. The largest absolute Gasteiger partial charge is 0.453 e. The second-order valence-electron chi connectivity index (χ2n) is 4.92. The molecule has 3 rings (SSSR count). The summed E-state index contributed by atoms with van der Waals surface area (Å²) in [5.74, 6) is 0.0318. The molecule has 0 aliphatic rings. The Morgan fingerprint density at radius 3 is 3.00 bits per heavy atom. The molecule has 0 amide bonds. The fraction of sp³-hybridized carbons (Fsp3) is 0.357. The number of aryl methyl sites for hydroxylation is 2. The SMILES string of the molecule is CCCn1nnnc1COC(=O)c1cn2c(C)cccc2n1. The summed E-state index contributed by atoms with van der Waals surface area (Å²) in [5.41, 5.74) is 1.97. The average molecular weight is 300 g/mol. The molecule has 0 saturated carbocycles. The van der Waals surface area contributed by atoms with Crippen molar-refractivity contribution < 1.29 is 9.53 Å². The molecule has 0 aliphatic carbocycles. The van der Waals surface area contributed by atoms with Crippen molar-refractivity contribution in [3.8, 4) is 0 Å². The lowest BCUT2D eigenvalue weighted by Crippen LogP contribution is -2.11. The van der Waals surface area contributed by atoms with Crippen molar-refractivity contribution in [2.24, 2.45) is 0 Å². The summed E-state index contributed by atoms with van der Waals surface area (Å²) in [6.07, 6.45) is 2.57. The molecule has 8 heteroatoms. The van der Waals surface area contributed by atoms with Crippen LogP contribution in [0.3, 0.4) is 0 Å². The lowest BCUT2D eigenvalue weighted by Gasteiger charge is -2.03. The molecular formula is C14H16N6O2. The lowest BCUT2D eigenvalue weighted by atomic mass is 10.4. The summed E-state index contributed by atoms with van der Waals surface area (Å²) in [6.45, 7) is 4.69. The van der Waals surface area contributed by atoms with Gasteiger partial charge in [0.05, 0.1) is 0 Å². The molecule has 0 N–H and O–H groups in total. The fourth-order valence-electron chi connectivity index (χ4n) is 2.16. The van der Waals surface area contributed by atoms with Crippen molar-refractivity contribution >= 4 is 11.6 Å². The number of esters is 1. The van der Waals surface area contributed by atoms with E-state index in [1.54, 1.807) is 10.9 Å². The number of aromatic nitrogens is 6. The summed E-state index contributed by atoms with van der Waals surface area (Å²) in [6, 6.07) is 5.68. The van der Waals surface area contributed by atoms with Gasteiger partial charge in [0.1, 0.15) is 5.65 Å². The number of ether oxygens (including phenoxy) is 1. The minimum absolute atomic E-state index is 0.0265. The predicted molar refractivity (Wildman–Crippen MR) is 77.2 cm³/mol. The van der Waals surface area contributed by atoms with Crippen LogP contribution in [0.1, 0.15) is 35.4 Å². The Kier molecular flexibility index (Phi) is 3.82. The van der Waals surface area contributed by atoms with Gasteiger partial charge < -0.3 is 9.14 Å². The highest BCUT2D eigenvalue weighted by atomic mass is 16.5. The molecular weight excluding hydrogens is 284 g/mol.